The molecule has 0 bridgehead atoms. The van der Waals surface area contributed by atoms with Crippen LogP contribution in [0.4, 0.5) is 5.69 Å². The highest BCUT2D eigenvalue weighted by molar-refractivity contribution is 7.98. The van der Waals surface area contributed by atoms with Gasteiger partial charge in [0.2, 0.25) is 11.8 Å². The molecule has 0 heterocycles. The van der Waals surface area contributed by atoms with Gasteiger partial charge in [0.1, 0.15) is 12.6 Å². The summed E-state index contributed by atoms with van der Waals surface area (Å²) in [5.74, 6) is -0.795. The summed E-state index contributed by atoms with van der Waals surface area (Å²) >= 11 is 1.51. The number of rotatable bonds is 10. The summed E-state index contributed by atoms with van der Waals surface area (Å²) < 4.78 is 29.0. The predicted molar refractivity (Wildman–Crippen MR) is 163 cm³/mol. The van der Waals surface area contributed by atoms with Gasteiger partial charge >= 0.3 is 0 Å². The number of thioether (sulfide) groups is 1. The van der Waals surface area contributed by atoms with Gasteiger partial charge in [0, 0.05) is 17.0 Å². The average molecular weight is 582 g/mol. The van der Waals surface area contributed by atoms with Crippen LogP contribution in [0.25, 0.3) is 0 Å². The first kappa shape index (κ1) is 31.2. The number of nitrogens with zero attached hydrogens (tertiary/aromatic N) is 2. The van der Waals surface area contributed by atoms with Crippen molar-refractivity contribution >= 4 is 39.3 Å². The van der Waals surface area contributed by atoms with Crippen LogP contribution in [-0.4, -0.2) is 49.5 Å². The SMILES string of the molecule is CSc1ccc(S(=O)(=O)N(CC(=O)N(Cc2ccccc2C)[C@@H](C)C(=O)NC(C)(C)C)c2ccc(C)cc2)cc1. The minimum Gasteiger partial charge on any atom is -0.350 e. The molecule has 0 saturated carbocycles. The first-order valence-corrected chi connectivity index (χ1v) is 15.8. The Balaban J connectivity index is 2.04. The molecule has 0 aliphatic heterocycles. The summed E-state index contributed by atoms with van der Waals surface area (Å²) in [6, 6.07) is 20.4. The van der Waals surface area contributed by atoms with Crippen molar-refractivity contribution in [3.63, 3.8) is 0 Å². The van der Waals surface area contributed by atoms with Gasteiger partial charge in [-0.25, -0.2) is 8.42 Å². The fraction of sp³-hybridized carbons (Fsp3) is 0.355. The molecule has 0 aliphatic carbocycles. The molecule has 0 unspecified atom stereocenters. The molecule has 0 aromatic heterocycles. The lowest BCUT2D eigenvalue weighted by atomic mass is 10.1. The Hall–Kier alpha value is -3.30. The number of aryl methyl sites for hydroxylation is 2. The van der Waals surface area contributed by atoms with Gasteiger partial charge < -0.3 is 10.2 Å². The molecule has 3 aromatic carbocycles. The number of carbonyl (C=O) groups excluding carboxylic acids is 2. The molecule has 0 saturated heterocycles. The van der Waals surface area contributed by atoms with E-state index in [1.54, 1.807) is 43.3 Å². The van der Waals surface area contributed by atoms with E-state index in [-0.39, 0.29) is 17.3 Å². The summed E-state index contributed by atoms with van der Waals surface area (Å²) in [4.78, 5) is 29.7. The summed E-state index contributed by atoms with van der Waals surface area (Å²) in [7, 11) is -4.10. The van der Waals surface area contributed by atoms with Gasteiger partial charge in [-0.3, -0.25) is 13.9 Å². The van der Waals surface area contributed by atoms with Crippen molar-refractivity contribution in [2.24, 2.45) is 0 Å². The van der Waals surface area contributed by atoms with Crippen LogP contribution in [-0.2, 0) is 26.2 Å². The third-order valence-electron chi connectivity index (χ3n) is 6.52. The number of carbonyl (C=O) groups is 2. The maximum Gasteiger partial charge on any atom is 0.264 e. The van der Waals surface area contributed by atoms with Crippen molar-refractivity contribution in [2.75, 3.05) is 17.1 Å². The Morgan fingerprint density at radius 1 is 0.925 bits per heavy atom. The van der Waals surface area contributed by atoms with Crippen LogP contribution in [0.1, 0.15) is 44.4 Å². The number of hydrogen-bond acceptors (Lipinski definition) is 5. The lowest BCUT2D eigenvalue weighted by Gasteiger charge is -2.33. The van der Waals surface area contributed by atoms with Crippen molar-refractivity contribution in [3.05, 3.63) is 89.5 Å². The monoisotopic (exact) mass is 581 g/mol. The molecule has 2 amide bonds. The number of hydrogen-bond donors (Lipinski definition) is 1. The van der Waals surface area contributed by atoms with E-state index in [4.69, 9.17) is 0 Å². The van der Waals surface area contributed by atoms with Crippen molar-refractivity contribution < 1.29 is 18.0 Å². The van der Waals surface area contributed by atoms with E-state index in [1.165, 1.54) is 16.7 Å². The molecule has 9 heteroatoms. The van der Waals surface area contributed by atoms with Crippen LogP contribution in [0.15, 0.2) is 82.6 Å². The smallest absolute Gasteiger partial charge is 0.264 e. The Morgan fingerprint density at radius 2 is 1.52 bits per heavy atom. The first-order chi connectivity index (χ1) is 18.7. The number of nitrogens with one attached hydrogen (secondary N) is 1. The first-order valence-electron chi connectivity index (χ1n) is 13.1. The summed E-state index contributed by atoms with van der Waals surface area (Å²) in [6.07, 6.45) is 1.92. The maximum atomic E-state index is 14.0. The van der Waals surface area contributed by atoms with Gasteiger partial charge in [-0.15, -0.1) is 11.8 Å². The Labute approximate surface area is 243 Å². The highest BCUT2D eigenvalue weighted by atomic mass is 32.2. The molecule has 0 radical (unpaired) electrons. The van der Waals surface area contributed by atoms with Crippen LogP contribution >= 0.6 is 11.8 Å². The summed E-state index contributed by atoms with van der Waals surface area (Å²) in [5, 5.41) is 2.95. The number of anilines is 1. The van der Waals surface area contributed by atoms with Gasteiger partial charge in [-0.2, -0.15) is 0 Å². The Morgan fingerprint density at radius 3 is 2.08 bits per heavy atom. The zero-order chi connectivity index (χ0) is 29.7. The van der Waals surface area contributed by atoms with E-state index in [0.717, 1.165) is 25.9 Å². The number of benzene rings is 3. The van der Waals surface area contributed by atoms with Gasteiger partial charge in [0.25, 0.3) is 10.0 Å². The van der Waals surface area contributed by atoms with Crippen LogP contribution in [0.2, 0.25) is 0 Å². The largest absolute Gasteiger partial charge is 0.350 e. The molecule has 7 nitrogen and oxygen atoms in total. The normalized spacial score (nSPS) is 12.5. The molecule has 3 aromatic rings. The second kappa shape index (κ2) is 12.9. The molecule has 214 valence electrons. The van der Waals surface area contributed by atoms with Gasteiger partial charge in [0.05, 0.1) is 10.6 Å². The van der Waals surface area contributed by atoms with Crippen molar-refractivity contribution in [1.82, 2.24) is 10.2 Å². The van der Waals surface area contributed by atoms with E-state index in [0.29, 0.717) is 5.69 Å². The predicted octanol–water partition coefficient (Wildman–Crippen LogP) is 5.55. The van der Waals surface area contributed by atoms with E-state index in [9.17, 15) is 18.0 Å². The zero-order valence-corrected chi connectivity index (χ0v) is 25.9. The highest BCUT2D eigenvalue weighted by Gasteiger charge is 2.33. The van der Waals surface area contributed by atoms with Crippen LogP contribution < -0.4 is 9.62 Å². The number of amides is 2. The fourth-order valence-electron chi connectivity index (χ4n) is 4.14. The number of sulfonamides is 1. The molecule has 1 N–H and O–H groups in total. The average Bonchev–Trinajstić information content (AvgIpc) is 2.90. The minimum absolute atomic E-state index is 0.0858. The van der Waals surface area contributed by atoms with E-state index >= 15 is 0 Å². The molecule has 1 atom stereocenters. The van der Waals surface area contributed by atoms with Crippen molar-refractivity contribution in [3.8, 4) is 0 Å². The van der Waals surface area contributed by atoms with E-state index in [2.05, 4.69) is 5.32 Å². The zero-order valence-electron chi connectivity index (χ0n) is 24.3. The lowest BCUT2D eigenvalue weighted by Crippen LogP contribution is -2.54. The molecular weight excluding hydrogens is 542 g/mol. The fourth-order valence-corrected chi connectivity index (χ4v) is 5.96. The standard InChI is InChI=1S/C31H39N3O4S2/c1-22-12-14-26(15-13-22)34(40(37,38)28-18-16-27(39-7)17-19-28)21-29(35)33(20-25-11-9-8-10-23(25)2)24(3)30(36)32-31(4,5)6/h8-19,24H,20-21H2,1-7H3,(H,32,36)/t24-/m0/s1. The lowest BCUT2D eigenvalue weighted by molar-refractivity contribution is -0.140. The van der Waals surface area contributed by atoms with E-state index < -0.39 is 34.1 Å². The van der Waals surface area contributed by atoms with Crippen LogP contribution in [0, 0.1) is 13.8 Å². The Kier molecular flexibility index (Phi) is 10.1. The molecule has 40 heavy (non-hydrogen) atoms. The molecular formula is C31H39N3O4S2. The van der Waals surface area contributed by atoms with Gasteiger partial charge in [-0.1, -0.05) is 42.0 Å². The van der Waals surface area contributed by atoms with E-state index in [1.807, 2.05) is 77.3 Å². The van der Waals surface area contributed by atoms with Crippen LogP contribution in [0.5, 0.6) is 0 Å². The second-order valence-corrected chi connectivity index (χ2v) is 13.6. The third-order valence-corrected chi connectivity index (χ3v) is 9.05. The second-order valence-electron chi connectivity index (χ2n) is 10.9. The van der Waals surface area contributed by atoms with Gasteiger partial charge in [0.15, 0.2) is 0 Å². The Bertz CT molecular complexity index is 1430. The molecule has 3 rings (SSSR count). The summed E-state index contributed by atoms with van der Waals surface area (Å²) in [6.45, 7) is 10.8. The quantitative estimate of drug-likeness (QED) is 0.317. The van der Waals surface area contributed by atoms with Crippen molar-refractivity contribution in [1.29, 1.82) is 0 Å². The minimum atomic E-state index is -4.10. The maximum absolute atomic E-state index is 14.0. The topological polar surface area (TPSA) is 86.8 Å². The summed E-state index contributed by atoms with van der Waals surface area (Å²) in [5.41, 5.74) is 2.69. The molecule has 0 fully saturated rings. The van der Waals surface area contributed by atoms with Crippen LogP contribution in [0.3, 0.4) is 0 Å². The highest BCUT2D eigenvalue weighted by Crippen LogP contribution is 2.27. The van der Waals surface area contributed by atoms with Crippen molar-refractivity contribution in [2.45, 2.75) is 69.5 Å². The third kappa shape index (κ3) is 7.88. The van der Waals surface area contributed by atoms with Gasteiger partial charge in [-0.05, 0) is 95.3 Å². The molecule has 0 spiro atoms. The molecule has 0 aliphatic rings.